The van der Waals surface area contributed by atoms with E-state index in [1.807, 2.05) is 18.2 Å². The minimum absolute atomic E-state index is 0.135. The van der Waals surface area contributed by atoms with E-state index in [0.29, 0.717) is 12.8 Å². The van der Waals surface area contributed by atoms with Gasteiger partial charge in [0.05, 0.1) is 12.0 Å². The number of aliphatic hydroxyl groups is 1. The van der Waals surface area contributed by atoms with Crippen LogP contribution in [-0.2, 0) is 17.6 Å². The molecule has 1 heterocycles. The summed E-state index contributed by atoms with van der Waals surface area (Å²) >= 11 is 0. The van der Waals surface area contributed by atoms with E-state index < -0.39 is 5.60 Å². The molecule has 1 N–H and O–H groups in total. The van der Waals surface area contributed by atoms with Crippen LogP contribution < -0.4 is 4.90 Å². The first-order valence-corrected chi connectivity index (χ1v) is 5.47. The van der Waals surface area contributed by atoms with Crippen molar-refractivity contribution in [2.45, 2.75) is 32.3 Å². The van der Waals surface area contributed by atoms with Crippen molar-refractivity contribution in [2.24, 2.45) is 0 Å². The predicted octanol–water partition coefficient (Wildman–Crippen LogP) is 1.52. The lowest BCUT2D eigenvalue weighted by molar-refractivity contribution is -0.117. The number of carbonyl (C=O) groups is 1. The second-order valence-electron chi connectivity index (χ2n) is 5.08. The van der Waals surface area contributed by atoms with Crippen LogP contribution in [0.4, 0.5) is 5.69 Å². The Balaban J connectivity index is 2.29. The van der Waals surface area contributed by atoms with Crippen LogP contribution in [0.2, 0.25) is 0 Å². The molecule has 1 aromatic rings. The maximum atomic E-state index is 11.5. The van der Waals surface area contributed by atoms with Crippen LogP contribution >= 0.6 is 0 Å². The Kier molecular flexibility index (Phi) is 2.50. The molecule has 0 fully saturated rings. The normalized spacial score (nSPS) is 15.5. The number of carbonyl (C=O) groups excluding carboxylic acids is 1. The Labute approximate surface area is 95.7 Å². The number of anilines is 1. The number of fused-ring (bicyclic) bond motifs is 1. The van der Waals surface area contributed by atoms with Crippen LogP contribution in [0.25, 0.3) is 0 Å². The van der Waals surface area contributed by atoms with Gasteiger partial charge in [-0.2, -0.15) is 0 Å². The zero-order valence-corrected chi connectivity index (χ0v) is 9.95. The number of hydrogen-bond donors (Lipinski definition) is 1. The minimum atomic E-state index is -0.706. The minimum Gasteiger partial charge on any atom is -0.390 e. The van der Waals surface area contributed by atoms with Crippen LogP contribution in [-0.4, -0.2) is 23.7 Å². The summed E-state index contributed by atoms with van der Waals surface area (Å²) in [5, 5.41) is 9.75. The van der Waals surface area contributed by atoms with Gasteiger partial charge in [0, 0.05) is 19.2 Å². The average molecular weight is 219 g/mol. The summed E-state index contributed by atoms with van der Waals surface area (Å²) in [5.41, 5.74) is 2.43. The van der Waals surface area contributed by atoms with Gasteiger partial charge in [0.2, 0.25) is 5.91 Å². The molecule has 1 amide bonds. The van der Waals surface area contributed by atoms with Gasteiger partial charge in [-0.15, -0.1) is 0 Å². The van der Waals surface area contributed by atoms with Crippen molar-refractivity contribution in [1.29, 1.82) is 0 Å². The third kappa shape index (κ3) is 2.09. The fourth-order valence-corrected chi connectivity index (χ4v) is 2.13. The largest absolute Gasteiger partial charge is 0.390 e. The molecule has 0 bridgehead atoms. The van der Waals surface area contributed by atoms with Gasteiger partial charge in [-0.3, -0.25) is 4.79 Å². The summed E-state index contributed by atoms with van der Waals surface area (Å²) in [6, 6.07) is 5.96. The summed E-state index contributed by atoms with van der Waals surface area (Å²) in [6.45, 7) is 3.58. The highest BCUT2D eigenvalue weighted by atomic mass is 16.3. The molecule has 1 aliphatic rings. The van der Waals surface area contributed by atoms with E-state index >= 15 is 0 Å². The second-order valence-corrected chi connectivity index (χ2v) is 5.08. The SMILES string of the molecule is CN1C(=O)Cc2cc(CC(C)(C)O)ccc21. The van der Waals surface area contributed by atoms with Crippen LogP contribution in [0, 0.1) is 0 Å². The molecular weight excluding hydrogens is 202 g/mol. The molecule has 86 valence electrons. The lowest BCUT2D eigenvalue weighted by Crippen LogP contribution is -2.22. The molecule has 1 aliphatic heterocycles. The van der Waals surface area contributed by atoms with Crippen molar-refractivity contribution in [1.82, 2.24) is 0 Å². The van der Waals surface area contributed by atoms with Gasteiger partial charge in [-0.05, 0) is 31.0 Å². The molecule has 0 atom stereocenters. The first-order chi connectivity index (χ1) is 7.37. The maximum absolute atomic E-state index is 11.5. The number of likely N-dealkylation sites (N-methyl/N-ethyl adjacent to an activating group) is 1. The van der Waals surface area contributed by atoms with E-state index in [9.17, 15) is 9.90 Å². The van der Waals surface area contributed by atoms with Crippen LogP contribution in [0.1, 0.15) is 25.0 Å². The zero-order valence-electron chi connectivity index (χ0n) is 9.95. The number of benzene rings is 1. The van der Waals surface area contributed by atoms with Gasteiger partial charge in [-0.25, -0.2) is 0 Å². The first kappa shape index (κ1) is 11.1. The number of amides is 1. The van der Waals surface area contributed by atoms with E-state index in [1.165, 1.54) is 0 Å². The van der Waals surface area contributed by atoms with Gasteiger partial charge in [0.15, 0.2) is 0 Å². The van der Waals surface area contributed by atoms with Crippen molar-refractivity contribution >= 4 is 11.6 Å². The molecule has 0 aromatic heterocycles. The lowest BCUT2D eigenvalue weighted by Gasteiger charge is -2.17. The van der Waals surface area contributed by atoms with Crippen molar-refractivity contribution in [3.63, 3.8) is 0 Å². The topological polar surface area (TPSA) is 40.5 Å². The Morgan fingerprint density at radius 3 is 2.75 bits per heavy atom. The van der Waals surface area contributed by atoms with Crippen LogP contribution in [0.3, 0.4) is 0 Å². The molecule has 2 rings (SSSR count). The van der Waals surface area contributed by atoms with E-state index in [1.54, 1.807) is 25.8 Å². The van der Waals surface area contributed by atoms with Crippen molar-refractivity contribution in [3.05, 3.63) is 29.3 Å². The lowest BCUT2D eigenvalue weighted by atomic mass is 9.97. The standard InChI is InChI=1S/C13H17NO2/c1-13(2,16)8-9-4-5-11-10(6-9)7-12(15)14(11)3/h4-6,16H,7-8H2,1-3H3. The molecule has 0 saturated carbocycles. The Bertz CT molecular complexity index is 432. The Morgan fingerprint density at radius 2 is 2.12 bits per heavy atom. The zero-order chi connectivity index (χ0) is 11.9. The molecule has 0 spiro atoms. The predicted molar refractivity (Wildman–Crippen MR) is 63.6 cm³/mol. The molecule has 16 heavy (non-hydrogen) atoms. The number of nitrogens with zero attached hydrogens (tertiary/aromatic N) is 1. The summed E-state index contributed by atoms with van der Waals surface area (Å²) < 4.78 is 0. The third-order valence-electron chi connectivity index (χ3n) is 2.86. The number of rotatable bonds is 2. The molecule has 3 nitrogen and oxygen atoms in total. The van der Waals surface area contributed by atoms with Crippen molar-refractivity contribution < 1.29 is 9.90 Å². The highest BCUT2D eigenvalue weighted by Crippen LogP contribution is 2.29. The summed E-state index contributed by atoms with van der Waals surface area (Å²) in [6.07, 6.45) is 1.09. The van der Waals surface area contributed by atoms with Crippen LogP contribution in [0.5, 0.6) is 0 Å². The average Bonchev–Trinajstić information content (AvgIpc) is 2.40. The summed E-state index contributed by atoms with van der Waals surface area (Å²) in [4.78, 5) is 13.2. The fraction of sp³-hybridized carbons (Fsp3) is 0.462. The van der Waals surface area contributed by atoms with Crippen molar-refractivity contribution in [2.75, 3.05) is 11.9 Å². The molecule has 0 unspecified atom stereocenters. The molecule has 1 aromatic carbocycles. The van der Waals surface area contributed by atoms with E-state index in [2.05, 4.69) is 0 Å². The molecule has 0 radical (unpaired) electrons. The molecule has 3 heteroatoms. The first-order valence-electron chi connectivity index (χ1n) is 5.47. The molecular formula is C13H17NO2. The van der Waals surface area contributed by atoms with Crippen LogP contribution in [0.15, 0.2) is 18.2 Å². The maximum Gasteiger partial charge on any atom is 0.231 e. The second kappa shape index (κ2) is 3.59. The number of hydrogen-bond acceptors (Lipinski definition) is 2. The van der Waals surface area contributed by atoms with E-state index in [-0.39, 0.29) is 5.91 Å². The highest BCUT2D eigenvalue weighted by Gasteiger charge is 2.24. The third-order valence-corrected chi connectivity index (χ3v) is 2.86. The van der Waals surface area contributed by atoms with Crippen molar-refractivity contribution in [3.8, 4) is 0 Å². The van der Waals surface area contributed by atoms with Gasteiger partial charge < -0.3 is 10.0 Å². The highest BCUT2D eigenvalue weighted by molar-refractivity contribution is 6.00. The molecule has 0 saturated heterocycles. The fourth-order valence-electron chi connectivity index (χ4n) is 2.13. The van der Waals surface area contributed by atoms with Gasteiger partial charge in [0.1, 0.15) is 0 Å². The van der Waals surface area contributed by atoms with E-state index in [0.717, 1.165) is 16.8 Å². The Hall–Kier alpha value is -1.35. The summed E-state index contributed by atoms with van der Waals surface area (Å²) in [7, 11) is 1.80. The summed E-state index contributed by atoms with van der Waals surface area (Å²) in [5.74, 6) is 0.135. The van der Waals surface area contributed by atoms with Gasteiger partial charge in [0.25, 0.3) is 0 Å². The Morgan fingerprint density at radius 1 is 1.44 bits per heavy atom. The van der Waals surface area contributed by atoms with Gasteiger partial charge >= 0.3 is 0 Å². The monoisotopic (exact) mass is 219 g/mol. The quantitative estimate of drug-likeness (QED) is 0.819. The molecule has 0 aliphatic carbocycles. The van der Waals surface area contributed by atoms with Gasteiger partial charge in [-0.1, -0.05) is 12.1 Å². The smallest absolute Gasteiger partial charge is 0.231 e. The van der Waals surface area contributed by atoms with E-state index in [4.69, 9.17) is 0 Å².